The molecule has 0 saturated carbocycles. The number of nitrogens with zero attached hydrogens (tertiary/aromatic N) is 7. The van der Waals surface area contributed by atoms with Gasteiger partial charge in [-0.25, -0.2) is 23.4 Å². The predicted octanol–water partition coefficient (Wildman–Crippen LogP) is 3.61. The van der Waals surface area contributed by atoms with Gasteiger partial charge in [0.25, 0.3) is 6.43 Å². The van der Waals surface area contributed by atoms with E-state index in [1.165, 1.54) is 18.5 Å². The molecule has 5 rings (SSSR count). The van der Waals surface area contributed by atoms with Crippen LogP contribution in [0.3, 0.4) is 0 Å². The van der Waals surface area contributed by atoms with Crippen LogP contribution in [-0.4, -0.2) is 57.3 Å². The Morgan fingerprint density at radius 1 is 1.03 bits per heavy atom. The molecule has 7 nitrogen and oxygen atoms in total. The first kappa shape index (κ1) is 20.8. The number of hydrogen-bond donors (Lipinski definition) is 0. The molecule has 2 saturated heterocycles. The molecule has 0 unspecified atom stereocenters. The van der Waals surface area contributed by atoms with Crippen molar-refractivity contribution in [3.63, 3.8) is 0 Å². The molecule has 0 radical (unpaired) electrons. The van der Waals surface area contributed by atoms with Gasteiger partial charge in [-0.15, -0.1) is 0 Å². The Kier molecular flexibility index (Phi) is 4.90. The molecule has 0 aliphatic carbocycles. The van der Waals surface area contributed by atoms with E-state index in [0.717, 1.165) is 23.7 Å². The van der Waals surface area contributed by atoms with Crippen molar-refractivity contribution >= 4 is 22.7 Å². The van der Waals surface area contributed by atoms with Crippen molar-refractivity contribution in [2.45, 2.75) is 32.0 Å². The quantitative estimate of drug-likeness (QED) is 0.563. The van der Waals surface area contributed by atoms with Crippen LogP contribution in [0, 0.1) is 5.41 Å². The van der Waals surface area contributed by atoms with Crippen LogP contribution in [0.25, 0.3) is 11.2 Å². The predicted molar refractivity (Wildman–Crippen MR) is 107 cm³/mol. The number of anilines is 2. The van der Waals surface area contributed by atoms with Gasteiger partial charge in [-0.2, -0.15) is 18.3 Å². The molecule has 2 fully saturated rings. The fraction of sp³-hybridized carbons (Fsp3) is 0.500. The molecule has 0 bridgehead atoms. The number of halogens is 5. The van der Waals surface area contributed by atoms with Crippen LogP contribution in [0.2, 0.25) is 0 Å². The molecule has 3 aromatic heterocycles. The van der Waals surface area contributed by atoms with Crippen LogP contribution in [0.4, 0.5) is 33.5 Å². The summed E-state index contributed by atoms with van der Waals surface area (Å²) in [6.45, 7) is 1.90. The topological polar surface area (TPSA) is 63.0 Å². The van der Waals surface area contributed by atoms with Crippen molar-refractivity contribution in [1.82, 2.24) is 24.7 Å². The summed E-state index contributed by atoms with van der Waals surface area (Å²) in [4.78, 5) is 16.2. The highest BCUT2D eigenvalue weighted by Gasteiger charge is 2.47. The van der Waals surface area contributed by atoms with Crippen LogP contribution in [0.15, 0.2) is 30.9 Å². The minimum atomic E-state index is -4.44. The van der Waals surface area contributed by atoms with Gasteiger partial charge in [-0.1, -0.05) is 0 Å². The summed E-state index contributed by atoms with van der Waals surface area (Å²) in [6.07, 6.45) is -0.117. The Balaban J connectivity index is 1.26. The molecule has 0 aromatic carbocycles. The van der Waals surface area contributed by atoms with Crippen molar-refractivity contribution in [2.75, 3.05) is 36.0 Å². The van der Waals surface area contributed by atoms with Gasteiger partial charge < -0.3 is 9.80 Å². The number of hydrogen-bond acceptors (Lipinski definition) is 6. The van der Waals surface area contributed by atoms with Crippen molar-refractivity contribution in [3.05, 3.63) is 36.4 Å². The Bertz CT molecular complexity index is 1110. The van der Waals surface area contributed by atoms with Crippen LogP contribution in [0.5, 0.6) is 0 Å². The minimum Gasteiger partial charge on any atom is -0.370 e. The number of fused-ring (bicyclic) bond motifs is 1. The van der Waals surface area contributed by atoms with Crippen molar-refractivity contribution < 1.29 is 22.0 Å². The Hall–Kier alpha value is -3.05. The first-order chi connectivity index (χ1) is 15.2. The molecule has 0 N–H and O–H groups in total. The summed E-state index contributed by atoms with van der Waals surface area (Å²) in [5.41, 5.74) is 0.184. The van der Waals surface area contributed by atoms with Crippen LogP contribution < -0.4 is 9.80 Å². The molecule has 2 aliphatic rings. The van der Waals surface area contributed by atoms with Gasteiger partial charge in [0.1, 0.15) is 17.9 Å². The number of aromatic nitrogens is 5. The Labute approximate surface area is 179 Å². The van der Waals surface area contributed by atoms with Crippen LogP contribution in [0.1, 0.15) is 18.4 Å². The lowest BCUT2D eigenvalue weighted by molar-refractivity contribution is -0.137. The zero-order chi connectivity index (χ0) is 22.5. The van der Waals surface area contributed by atoms with Crippen molar-refractivity contribution in [2.24, 2.45) is 5.41 Å². The molecule has 0 atom stereocenters. The molecule has 3 aromatic rings. The summed E-state index contributed by atoms with van der Waals surface area (Å²) < 4.78 is 66.6. The molecule has 1 spiro atoms. The lowest BCUT2D eigenvalue weighted by Gasteiger charge is -2.55. The van der Waals surface area contributed by atoms with Crippen LogP contribution >= 0.6 is 0 Å². The third-order valence-electron chi connectivity index (χ3n) is 6.29. The zero-order valence-electron chi connectivity index (χ0n) is 16.9. The average Bonchev–Trinajstić information content (AvgIpc) is 3.13. The van der Waals surface area contributed by atoms with E-state index < -0.39 is 24.7 Å². The molecule has 32 heavy (non-hydrogen) atoms. The fourth-order valence-corrected chi connectivity index (χ4v) is 4.60. The highest BCUT2D eigenvalue weighted by molar-refractivity contribution is 5.71. The van der Waals surface area contributed by atoms with Gasteiger partial charge in [0.05, 0.1) is 23.6 Å². The van der Waals surface area contributed by atoms with E-state index >= 15 is 0 Å². The molecule has 170 valence electrons. The average molecular weight is 453 g/mol. The molecule has 2 aliphatic heterocycles. The number of alkyl halides is 5. The van der Waals surface area contributed by atoms with Gasteiger partial charge in [-0.05, 0) is 18.9 Å². The summed E-state index contributed by atoms with van der Waals surface area (Å²) in [6, 6.07) is 1.41. The van der Waals surface area contributed by atoms with E-state index in [9.17, 15) is 22.0 Å². The van der Waals surface area contributed by atoms with Crippen LogP contribution in [-0.2, 0) is 12.7 Å². The smallest absolute Gasteiger partial charge is 0.370 e. The second kappa shape index (κ2) is 7.52. The maximum Gasteiger partial charge on any atom is 0.419 e. The highest BCUT2D eigenvalue weighted by Crippen LogP contribution is 2.46. The Morgan fingerprint density at radius 2 is 1.78 bits per heavy atom. The Morgan fingerprint density at radius 3 is 2.47 bits per heavy atom. The molecular formula is C20H20F5N7. The van der Waals surface area contributed by atoms with E-state index in [-0.39, 0.29) is 11.1 Å². The largest absolute Gasteiger partial charge is 0.419 e. The van der Waals surface area contributed by atoms with E-state index in [1.807, 2.05) is 4.90 Å². The van der Waals surface area contributed by atoms with Crippen molar-refractivity contribution in [3.8, 4) is 0 Å². The monoisotopic (exact) mass is 453 g/mol. The summed E-state index contributed by atoms with van der Waals surface area (Å²) >= 11 is 0. The third kappa shape index (κ3) is 3.71. The second-order valence-corrected chi connectivity index (χ2v) is 8.39. The van der Waals surface area contributed by atoms with Gasteiger partial charge in [-0.3, -0.25) is 4.98 Å². The maximum absolute atomic E-state index is 13.3. The maximum atomic E-state index is 13.3. The first-order valence-corrected chi connectivity index (χ1v) is 10.2. The summed E-state index contributed by atoms with van der Waals surface area (Å²) in [5, 5.41) is 3.93. The lowest BCUT2D eigenvalue weighted by Crippen LogP contribution is -2.61. The lowest BCUT2D eigenvalue weighted by atomic mass is 9.71. The standard InChI is InChI=1S/C20H20F5N7/c21-16(22)10-32-18-14(8-28-32)27-9-17(29-18)30-5-2-19(3-6-30)11-31(12-19)15-1-4-26-7-13(15)20(23,24)25/h1,4,7-9,16H,2-3,5-6,10-12H2. The number of pyridine rings is 1. The van der Waals surface area contributed by atoms with E-state index in [4.69, 9.17) is 0 Å². The second-order valence-electron chi connectivity index (χ2n) is 8.39. The van der Waals surface area contributed by atoms with Gasteiger partial charge in [0.2, 0.25) is 0 Å². The van der Waals surface area contributed by atoms with Gasteiger partial charge in [0.15, 0.2) is 5.65 Å². The first-order valence-electron chi connectivity index (χ1n) is 10.2. The fourth-order valence-electron chi connectivity index (χ4n) is 4.60. The number of rotatable bonds is 4. The molecule has 12 heteroatoms. The third-order valence-corrected chi connectivity index (χ3v) is 6.29. The van der Waals surface area contributed by atoms with Crippen molar-refractivity contribution in [1.29, 1.82) is 0 Å². The molecule has 5 heterocycles. The van der Waals surface area contributed by atoms with E-state index in [0.29, 0.717) is 43.2 Å². The minimum absolute atomic E-state index is 0.0440. The summed E-state index contributed by atoms with van der Waals surface area (Å²) in [5.74, 6) is 0.591. The zero-order valence-corrected chi connectivity index (χ0v) is 16.9. The SMILES string of the molecule is FC(F)Cn1ncc2ncc(N3CCC4(CC3)CN(c3ccncc3C(F)(F)F)C4)nc21. The normalized spacial score (nSPS) is 18.6. The van der Waals surface area contributed by atoms with E-state index in [1.54, 1.807) is 11.1 Å². The van der Waals surface area contributed by atoms with Gasteiger partial charge in [0, 0.05) is 44.0 Å². The van der Waals surface area contributed by atoms with E-state index in [2.05, 4.69) is 20.1 Å². The van der Waals surface area contributed by atoms with Gasteiger partial charge >= 0.3 is 6.18 Å². The summed E-state index contributed by atoms with van der Waals surface area (Å²) in [7, 11) is 0. The molecular weight excluding hydrogens is 433 g/mol. The highest BCUT2D eigenvalue weighted by atomic mass is 19.4. The molecule has 0 amide bonds. The number of piperidine rings is 1.